The van der Waals surface area contributed by atoms with Crippen LogP contribution < -0.4 is 4.74 Å². The molecule has 2 rings (SSSR count). The molecule has 2 nitrogen and oxygen atoms in total. The molecule has 0 heterocycles. The zero-order chi connectivity index (χ0) is 14.7. The van der Waals surface area contributed by atoms with Crippen molar-refractivity contribution in [2.45, 2.75) is 12.5 Å². The van der Waals surface area contributed by atoms with E-state index in [0.29, 0.717) is 21.3 Å². The molecular weight excluding hydrogens is 391 g/mol. The van der Waals surface area contributed by atoms with E-state index < -0.39 is 6.10 Å². The Bertz CT molecular complexity index is 617. The summed E-state index contributed by atoms with van der Waals surface area (Å²) in [7, 11) is 1.58. The van der Waals surface area contributed by atoms with E-state index in [1.165, 1.54) is 6.07 Å². The van der Waals surface area contributed by atoms with E-state index in [1.54, 1.807) is 37.4 Å². The molecule has 106 valence electrons. The molecule has 2 aromatic rings. The molecule has 0 aliphatic rings. The summed E-state index contributed by atoms with van der Waals surface area (Å²) in [5.74, 6) is 0.363. The van der Waals surface area contributed by atoms with Gasteiger partial charge in [-0.2, -0.15) is 0 Å². The number of ether oxygens (including phenoxy) is 1. The summed E-state index contributed by atoms with van der Waals surface area (Å²) >= 11 is 6.58. The minimum atomic E-state index is -0.770. The molecule has 0 saturated carbocycles. The van der Waals surface area contributed by atoms with Crippen LogP contribution in [0, 0.1) is 5.82 Å². The first-order valence-electron chi connectivity index (χ1n) is 5.96. The lowest BCUT2D eigenvalue weighted by Gasteiger charge is -2.13. The molecule has 5 heteroatoms. The highest BCUT2D eigenvalue weighted by Gasteiger charge is 2.13. The number of aliphatic hydroxyl groups excluding tert-OH is 1. The number of benzene rings is 2. The molecule has 0 fully saturated rings. The Hall–Kier alpha value is -0.910. The first kappa shape index (κ1) is 15.5. The van der Waals surface area contributed by atoms with Gasteiger partial charge in [0.25, 0.3) is 0 Å². The van der Waals surface area contributed by atoms with Crippen molar-refractivity contribution in [2.75, 3.05) is 7.11 Å². The van der Waals surface area contributed by atoms with Gasteiger partial charge in [-0.3, -0.25) is 0 Å². The first-order chi connectivity index (χ1) is 9.51. The smallest absolute Gasteiger partial charge is 0.133 e. The zero-order valence-electron chi connectivity index (χ0n) is 10.7. The van der Waals surface area contributed by atoms with Gasteiger partial charge in [0.2, 0.25) is 0 Å². The second-order valence-corrected chi connectivity index (χ2v) is 6.12. The van der Waals surface area contributed by atoms with Crippen LogP contribution in [0.5, 0.6) is 5.75 Å². The summed E-state index contributed by atoms with van der Waals surface area (Å²) in [5, 5.41) is 10.2. The van der Waals surface area contributed by atoms with Crippen molar-refractivity contribution in [1.29, 1.82) is 0 Å². The van der Waals surface area contributed by atoms with Crippen LogP contribution in [0.3, 0.4) is 0 Å². The van der Waals surface area contributed by atoms with Gasteiger partial charge in [0.1, 0.15) is 11.6 Å². The fourth-order valence-electron chi connectivity index (χ4n) is 1.90. The van der Waals surface area contributed by atoms with E-state index in [2.05, 4.69) is 31.9 Å². The fraction of sp³-hybridized carbons (Fsp3) is 0.200. The molecule has 0 amide bonds. The van der Waals surface area contributed by atoms with Crippen LogP contribution in [-0.4, -0.2) is 12.2 Å². The van der Waals surface area contributed by atoms with Crippen molar-refractivity contribution in [3.63, 3.8) is 0 Å². The lowest BCUT2D eigenvalue weighted by atomic mass is 10.0. The van der Waals surface area contributed by atoms with Gasteiger partial charge in [-0.15, -0.1) is 0 Å². The van der Waals surface area contributed by atoms with Gasteiger partial charge >= 0.3 is 0 Å². The maximum absolute atomic E-state index is 13.8. The highest BCUT2D eigenvalue weighted by Crippen LogP contribution is 2.29. The first-order valence-corrected chi connectivity index (χ1v) is 7.55. The summed E-state index contributed by atoms with van der Waals surface area (Å²) in [4.78, 5) is 0. The molecule has 1 unspecified atom stereocenters. The SMILES string of the molecule is COc1ccc(C(O)Cc2ccc(Br)cc2F)cc1Br. The van der Waals surface area contributed by atoms with Crippen LogP contribution >= 0.6 is 31.9 Å². The van der Waals surface area contributed by atoms with E-state index in [1.807, 2.05) is 0 Å². The third-order valence-electron chi connectivity index (χ3n) is 2.99. The van der Waals surface area contributed by atoms with Crippen LogP contribution in [0.15, 0.2) is 45.3 Å². The number of aliphatic hydroxyl groups is 1. The minimum absolute atomic E-state index is 0.220. The quantitative estimate of drug-likeness (QED) is 0.805. The molecule has 0 aromatic heterocycles. The summed E-state index contributed by atoms with van der Waals surface area (Å²) in [6, 6.07) is 10.1. The standard InChI is InChI=1S/C15H13Br2FO2/c1-20-15-5-3-10(6-12(15)17)14(19)7-9-2-4-11(16)8-13(9)18/h2-6,8,14,19H,7H2,1H3. The van der Waals surface area contributed by atoms with Crippen molar-refractivity contribution < 1.29 is 14.2 Å². The molecule has 1 N–H and O–H groups in total. The van der Waals surface area contributed by atoms with Gasteiger partial charge < -0.3 is 9.84 Å². The Kier molecular flexibility index (Phi) is 5.18. The summed E-state index contributed by atoms with van der Waals surface area (Å²) in [6.45, 7) is 0. The maximum atomic E-state index is 13.8. The van der Waals surface area contributed by atoms with E-state index in [0.717, 1.165) is 4.47 Å². The van der Waals surface area contributed by atoms with Gasteiger partial charge in [-0.25, -0.2) is 4.39 Å². The predicted molar refractivity (Wildman–Crippen MR) is 83.5 cm³/mol. The van der Waals surface area contributed by atoms with E-state index in [4.69, 9.17) is 4.74 Å². The van der Waals surface area contributed by atoms with E-state index in [-0.39, 0.29) is 12.2 Å². The highest BCUT2D eigenvalue weighted by atomic mass is 79.9. The van der Waals surface area contributed by atoms with Gasteiger partial charge in [0.15, 0.2) is 0 Å². The second kappa shape index (κ2) is 6.70. The van der Waals surface area contributed by atoms with Gasteiger partial charge in [0, 0.05) is 10.9 Å². The van der Waals surface area contributed by atoms with Crippen LogP contribution in [0.2, 0.25) is 0 Å². The van der Waals surface area contributed by atoms with Crippen molar-refractivity contribution in [3.05, 3.63) is 62.3 Å². The fourth-order valence-corrected chi connectivity index (χ4v) is 2.79. The normalized spacial score (nSPS) is 12.2. The lowest BCUT2D eigenvalue weighted by molar-refractivity contribution is 0.177. The number of rotatable bonds is 4. The number of hydrogen-bond acceptors (Lipinski definition) is 2. The third kappa shape index (κ3) is 3.59. The average Bonchev–Trinajstić information content (AvgIpc) is 2.41. The highest BCUT2D eigenvalue weighted by molar-refractivity contribution is 9.10. The number of hydrogen-bond donors (Lipinski definition) is 1. The second-order valence-electron chi connectivity index (χ2n) is 4.35. The molecule has 0 bridgehead atoms. The number of halogens is 3. The van der Waals surface area contributed by atoms with Crippen LogP contribution in [0.4, 0.5) is 4.39 Å². The topological polar surface area (TPSA) is 29.5 Å². The van der Waals surface area contributed by atoms with Crippen molar-refractivity contribution in [3.8, 4) is 5.75 Å². The minimum Gasteiger partial charge on any atom is -0.496 e. The average molecular weight is 404 g/mol. The molecular formula is C15H13Br2FO2. The van der Waals surface area contributed by atoms with Crippen molar-refractivity contribution in [1.82, 2.24) is 0 Å². The summed E-state index contributed by atoms with van der Waals surface area (Å²) in [6.07, 6.45) is -0.550. The Morgan fingerprint density at radius 3 is 2.55 bits per heavy atom. The largest absolute Gasteiger partial charge is 0.496 e. The van der Waals surface area contributed by atoms with Gasteiger partial charge in [0.05, 0.1) is 17.7 Å². The zero-order valence-corrected chi connectivity index (χ0v) is 13.9. The Balaban J connectivity index is 2.19. The van der Waals surface area contributed by atoms with Crippen molar-refractivity contribution >= 4 is 31.9 Å². The molecule has 0 saturated heterocycles. The molecule has 0 radical (unpaired) electrons. The molecule has 0 spiro atoms. The lowest BCUT2D eigenvalue weighted by Crippen LogP contribution is -2.04. The maximum Gasteiger partial charge on any atom is 0.133 e. The molecule has 0 aliphatic carbocycles. The van der Waals surface area contributed by atoms with Gasteiger partial charge in [-0.1, -0.05) is 28.1 Å². The molecule has 0 aliphatic heterocycles. The predicted octanol–water partition coefficient (Wildman–Crippen LogP) is 4.64. The van der Waals surface area contributed by atoms with E-state index in [9.17, 15) is 9.50 Å². The summed E-state index contributed by atoms with van der Waals surface area (Å²) < 4.78 is 20.3. The van der Waals surface area contributed by atoms with E-state index >= 15 is 0 Å². The van der Waals surface area contributed by atoms with Crippen molar-refractivity contribution in [2.24, 2.45) is 0 Å². The Labute approximate surface area is 133 Å². The molecule has 2 aromatic carbocycles. The van der Waals surface area contributed by atoms with Crippen LogP contribution in [0.25, 0.3) is 0 Å². The Morgan fingerprint density at radius 2 is 1.95 bits per heavy atom. The van der Waals surface area contributed by atoms with Gasteiger partial charge in [-0.05, 0) is 51.3 Å². The Morgan fingerprint density at radius 1 is 1.20 bits per heavy atom. The van der Waals surface area contributed by atoms with Crippen LogP contribution in [-0.2, 0) is 6.42 Å². The molecule has 1 atom stereocenters. The summed E-state index contributed by atoms with van der Waals surface area (Å²) in [5.41, 5.74) is 1.19. The molecule has 20 heavy (non-hydrogen) atoms. The number of methoxy groups -OCH3 is 1. The third-order valence-corrected chi connectivity index (χ3v) is 4.10. The monoisotopic (exact) mass is 402 g/mol. The van der Waals surface area contributed by atoms with Crippen LogP contribution in [0.1, 0.15) is 17.2 Å².